The molecule has 2 N–H and O–H groups in total. The van der Waals surface area contributed by atoms with Gasteiger partial charge in [0.2, 0.25) is 5.91 Å². The lowest BCUT2D eigenvalue weighted by Gasteiger charge is -2.30. The van der Waals surface area contributed by atoms with Gasteiger partial charge in [-0.3, -0.25) is 4.79 Å². The van der Waals surface area contributed by atoms with Gasteiger partial charge >= 0.3 is 0 Å². The van der Waals surface area contributed by atoms with Crippen LogP contribution in [0.5, 0.6) is 0 Å². The van der Waals surface area contributed by atoms with E-state index in [4.69, 9.17) is 0 Å². The van der Waals surface area contributed by atoms with Gasteiger partial charge in [-0.2, -0.15) is 0 Å². The molecule has 0 spiro atoms. The standard InChI is InChI=1S/C16H22N4O/c1-11-13(7-5-9-17-11)19-16(21)10-20-12(2)18-14-6-3-4-8-15(14)20/h3-4,6,8,11,13,17H,5,7,9-10H2,1-2H3,(H,19,21). The Hall–Kier alpha value is -1.88. The van der Waals surface area contributed by atoms with Gasteiger partial charge in [0, 0.05) is 12.1 Å². The molecule has 1 saturated heterocycles. The van der Waals surface area contributed by atoms with E-state index in [9.17, 15) is 4.79 Å². The lowest BCUT2D eigenvalue weighted by atomic mass is 10.00. The summed E-state index contributed by atoms with van der Waals surface area (Å²) in [6.45, 7) is 5.44. The molecule has 3 rings (SSSR count). The Morgan fingerprint density at radius 1 is 1.48 bits per heavy atom. The molecule has 0 saturated carbocycles. The van der Waals surface area contributed by atoms with Gasteiger partial charge in [0.05, 0.1) is 11.0 Å². The molecule has 5 heteroatoms. The highest BCUT2D eigenvalue weighted by molar-refractivity contribution is 5.81. The largest absolute Gasteiger partial charge is 0.350 e. The number of hydrogen-bond donors (Lipinski definition) is 2. The fourth-order valence-corrected chi connectivity index (χ4v) is 3.03. The molecule has 1 aromatic carbocycles. The first-order valence-electron chi connectivity index (χ1n) is 7.60. The van der Waals surface area contributed by atoms with Gasteiger partial charge in [-0.05, 0) is 45.4 Å². The van der Waals surface area contributed by atoms with Crippen LogP contribution in [0.3, 0.4) is 0 Å². The van der Waals surface area contributed by atoms with E-state index in [2.05, 4.69) is 22.5 Å². The van der Waals surface area contributed by atoms with Crippen molar-refractivity contribution in [3.05, 3.63) is 30.1 Å². The minimum atomic E-state index is 0.0572. The van der Waals surface area contributed by atoms with Crippen molar-refractivity contribution in [2.75, 3.05) is 6.54 Å². The zero-order chi connectivity index (χ0) is 14.8. The Labute approximate surface area is 124 Å². The molecule has 1 fully saturated rings. The number of imidazole rings is 1. The molecule has 2 atom stereocenters. The minimum Gasteiger partial charge on any atom is -0.350 e. The first kappa shape index (κ1) is 14.1. The van der Waals surface area contributed by atoms with Crippen LogP contribution in [0.4, 0.5) is 0 Å². The Morgan fingerprint density at radius 3 is 3.10 bits per heavy atom. The second-order valence-corrected chi connectivity index (χ2v) is 5.79. The predicted octanol–water partition coefficient (Wildman–Crippen LogP) is 1.60. The zero-order valence-corrected chi connectivity index (χ0v) is 12.6. The van der Waals surface area contributed by atoms with Crippen molar-refractivity contribution < 1.29 is 4.79 Å². The van der Waals surface area contributed by atoms with Crippen LogP contribution in [-0.4, -0.2) is 34.1 Å². The molecule has 2 aromatic rings. The van der Waals surface area contributed by atoms with Crippen LogP contribution in [0.2, 0.25) is 0 Å². The van der Waals surface area contributed by atoms with E-state index in [1.807, 2.05) is 35.8 Å². The van der Waals surface area contributed by atoms with Crippen LogP contribution < -0.4 is 10.6 Å². The van der Waals surface area contributed by atoms with Gasteiger partial charge < -0.3 is 15.2 Å². The maximum Gasteiger partial charge on any atom is 0.240 e. The summed E-state index contributed by atoms with van der Waals surface area (Å²) in [5.74, 6) is 0.933. The van der Waals surface area contributed by atoms with Crippen LogP contribution in [-0.2, 0) is 11.3 Å². The van der Waals surface area contributed by atoms with Crippen molar-refractivity contribution in [2.45, 2.75) is 45.3 Å². The molecular formula is C16H22N4O. The molecule has 21 heavy (non-hydrogen) atoms. The van der Waals surface area contributed by atoms with Crippen LogP contribution in [0.15, 0.2) is 24.3 Å². The molecule has 112 valence electrons. The number of amides is 1. The number of carbonyl (C=O) groups is 1. The summed E-state index contributed by atoms with van der Waals surface area (Å²) in [6.07, 6.45) is 2.16. The molecule has 2 heterocycles. The topological polar surface area (TPSA) is 59.0 Å². The van der Waals surface area contributed by atoms with Gasteiger partial charge in [-0.15, -0.1) is 0 Å². The number of carbonyl (C=O) groups excluding carboxylic acids is 1. The Bertz CT molecular complexity index is 649. The highest BCUT2D eigenvalue weighted by Gasteiger charge is 2.22. The molecule has 5 nitrogen and oxygen atoms in total. The summed E-state index contributed by atoms with van der Waals surface area (Å²) in [7, 11) is 0. The van der Waals surface area contributed by atoms with E-state index >= 15 is 0 Å². The zero-order valence-electron chi connectivity index (χ0n) is 12.6. The second-order valence-electron chi connectivity index (χ2n) is 5.79. The van der Waals surface area contributed by atoms with E-state index in [0.717, 1.165) is 36.2 Å². The summed E-state index contributed by atoms with van der Waals surface area (Å²) in [5.41, 5.74) is 1.95. The van der Waals surface area contributed by atoms with E-state index in [1.165, 1.54) is 0 Å². The van der Waals surface area contributed by atoms with Crippen LogP contribution in [0, 0.1) is 6.92 Å². The molecule has 1 aromatic heterocycles. The smallest absolute Gasteiger partial charge is 0.240 e. The summed E-state index contributed by atoms with van der Waals surface area (Å²) < 4.78 is 1.98. The molecule has 2 unspecified atom stereocenters. The van der Waals surface area contributed by atoms with Crippen LogP contribution >= 0.6 is 0 Å². The Balaban J connectivity index is 1.73. The lowest BCUT2D eigenvalue weighted by molar-refractivity contribution is -0.122. The normalized spacial score (nSPS) is 22.4. The van der Waals surface area contributed by atoms with Crippen molar-refractivity contribution in [3.63, 3.8) is 0 Å². The number of para-hydroxylation sites is 2. The van der Waals surface area contributed by atoms with E-state index in [-0.39, 0.29) is 11.9 Å². The number of hydrogen-bond acceptors (Lipinski definition) is 3. The molecular weight excluding hydrogens is 264 g/mol. The van der Waals surface area contributed by atoms with E-state index in [1.54, 1.807) is 0 Å². The molecule has 1 amide bonds. The lowest BCUT2D eigenvalue weighted by Crippen LogP contribution is -2.52. The quantitative estimate of drug-likeness (QED) is 0.901. The average molecular weight is 286 g/mol. The Morgan fingerprint density at radius 2 is 2.29 bits per heavy atom. The van der Waals surface area contributed by atoms with Gasteiger partial charge in [0.15, 0.2) is 0 Å². The maximum atomic E-state index is 12.3. The van der Waals surface area contributed by atoms with E-state index in [0.29, 0.717) is 12.6 Å². The summed E-state index contributed by atoms with van der Waals surface area (Å²) in [5, 5.41) is 6.55. The predicted molar refractivity (Wildman–Crippen MR) is 83.1 cm³/mol. The maximum absolute atomic E-state index is 12.3. The highest BCUT2D eigenvalue weighted by Crippen LogP contribution is 2.15. The summed E-state index contributed by atoms with van der Waals surface area (Å²) in [4.78, 5) is 16.8. The fourth-order valence-electron chi connectivity index (χ4n) is 3.03. The molecule has 0 aliphatic carbocycles. The van der Waals surface area contributed by atoms with E-state index < -0.39 is 0 Å². The highest BCUT2D eigenvalue weighted by atomic mass is 16.2. The number of aromatic nitrogens is 2. The number of aryl methyl sites for hydroxylation is 1. The van der Waals surface area contributed by atoms with Crippen molar-refractivity contribution >= 4 is 16.9 Å². The number of nitrogens with zero attached hydrogens (tertiary/aromatic N) is 2. The third kappa shape index (κ3) is 2.93. The van der Waals surface area contributed by atoms with Crippen LogP contribution in [0.25, 0.3) is 11.0 Å². The van der Waals surface area contributed by atoms with Gasteiger partial charge in [0.25, 0.3) is 0 Å². The van der Waals surface area contributed by atoms with Gasteiger partial charge in [0.1, 0.15) is 12.4 Å². The third-order valence-corrected chi connectivity index (χ3v) is 4.26. The van der Waals surface area contributed by atoms with Crippen LogP contribution in [0.1, 0.15) is 25.6 Å². The number of benzene rings is 1. The number of piperidine rings is 1. The first-order chi connectivity index (χ1) is 10.1. The number of rotatable bonds is 3. The number of nitrogens with one attached hydrogen (secondary N) is 2. The minimum absolute atomic E-state index is 0.0572. The average Bonchev–Trinajstić information content (AvgIpc) is 2.78. The Kier molecular flexibility index (Phi) is 3.92. The van der Waals surface area contributed by atoms with Crippen molar-refractivity contribution in [3.8, 4) is 0 Å². The van der Waals surface area contributed by atoms with Crippen molar-refractivity contribution in [1.82, 2.24) is 20.2 Å². The molecule has 1 aliphatic rings. The summed E-state index contributed by atoms with van der Waals surface area (Å²) >= 11 is 0. The molecule has 0 bridgehead atoms. The monoisotopic (exact) mass is 286 g/mol. The van der Waals surface area contributed by atoms with Gasteiger partial charge in [-0.1, -0.05) is 12.1 Å². The third-order valence-electron chi connectivity index (χ3n) is 4.26. The molecule has 0 radical (unpaired) electrons. The fraction of sp³-hybridized carbons (Fsp3) is 0.500. The SMILES string of the molecule is Cc1nc2ccccc2n1CC(=O)NC1CCCNC1C. The number of fused-ring (bicyclic) bond motifs is 1. The second kappa shape index (κ2) is 5.85. The summed E-state index contributed by atoms with van der Waals surface area (Å²) in [6, 6.07) is 8.49. The molecule has 1 aliphatic heterocycles. The van der Waals surface area contributed by atoms with Gasteiger partial charge in [-0.25, -0.2) is 4.98 Å². The van der Waals surface area contributed by atoms with Crippen molar-refractivity contribution in [1.29, 1.82) is 0 Å². The first-order valence-corrected chi connectivity index (χ1v) is 7.60. The van der Waals surface area contributed by atoms with Crippen molar-refractivity contribution in [2.24, 2.45) is 0 Å².